The van der Waals surface area contributed by atoms with Gasteiger partial charge in [-0.2, -0.15) is 0 Å². The molecule has 1 aromatic carbocycles. The molecule has 88 valence electrons. The molecule has 1 heterocycles. The monoisotopic (exact) mass is 223 g/mol. The Morgan fingerprint density at radius 2 is 1.88 bits per heavy atom. The standard InChI is InChI=1S/C12H18FN3/c13-12-6-10(8-14)5-11(7-12)9-16-3-1-15-2-4-16/h5-7,15H,1-4,8-9,14H2. The first kappa shape index (κ1) is 11.5. The fraction of sp³-hybridized carbons (Fsp3) is 0.500. The second-order valence-electron chi connectivity index (χ2n) is 4.20. The van der Waals surface area contributed by atoms with Crippen molar-refractivity contribution in [2.75, 3.05) is 26.2 Å². The molecule has 16 heavy (non-hydrogen) atoms. The molecule has 0 aliphatic carbocycles. The average Bonchev–Trinajstić information content (AvgIpc) is 2.29. The van der Waals surface area contributed by atoms with Crippen molar-refractivity contribution in [3.63, 3.8) is 0 Å². The van der Waals surface area contributed by atoms with Crippen molar-refractivity contribution < 1.29 is 4.39 Å². The maximum absolute atomic E-state index is 13.3. The zero-order chi connectivity index (χ0) is 11.4. The lowest BCUT2D eigenvalue weighted by molar-refractivity contribution is 0.233. The largest absolute Gasteiger partial charge is 0.326 e. The van der Waals surface area contributed by atoms with Gasteiger partial charge in [-0.25, -0.2) is 4.39 Å². The minimum absolute atomic E-state index is 0.187. The molecular weight excluding hydrogens is 205 g/mol. The Hall–Kier alpha value is -0.970. The number of halogens is 1. The van der Waals surface area contributed by atoms with Crippen LogP contribution in [0.1, 0.15) is 11.1 Å². The number of nitrogens with zero attached hydrogens (tertiary/aromatic N) is 1. The van der Waals surface area contributed by atoms with E-state index in [0.717, 1.165) is 43.9 Å². The second kappa shape index (κ2) is 5.39. The predicted molar refractivity (Wildman–Crippen MR) is 62.4 cm³/mol. The molecule has 0 saturated carbocycles. The molecule has 1 saturated heterocycles. The Balaban J connectivity index is 2.04. The van der Waals surface area contributed by atoms with E-state index in [4.69, 9.17) is 5.73 Å². The highest BCUT2D eigenvalue weighted by molar-refractivity contribution is 5.24. The fourth-order valence-corrected chi connectivity index (χ4v) is 2.05. The van der Waals surface area contributed by atoms with Gasteiger partial charge in [0, 0.05) is 39.3 Å². The van der Waals surface area contributed by atoms with Gasteiger partial charge >= 0.3 is 0 Å². The van der Waals surface area contributed by atoms with E-state index in [0.29, 0.717) is 6.54 Å². The van der Waals surface area contributed by atoms with Gasteiger partial charge in [-0.1, -0.05) is 6.07 Å². The van der Waals surface area contributed by atoms with Crippen LogP contribution in [-0.4, -0.2) is 31.1 Å². The van der Waals surface area contributed by atoms with Crippen LogP contribution in [0.4, 0.5) is 4.39 Å². The summed E-state index contributed by atoms with van der Waals surface area (Å²) < 4.78 is 13.3. The zero-order valence-electron chi connectivity index (χ0n) is 9.38. The molecular formula is C12H18FN3. The third-order valence-electron chi connectivity index (χ3n) is 2.87. The van der Waals surface area contributed by atoms with Crippen molar-refractivity contribution in [1.82, 2.24) is 10.2 Å². The minimum atomic E-state index is -0.187. The maximum Gasteiger partial charge on any atom is 0.123 e. The molecule has 0 atom stereocenters. The topological polar surface area (TPSA) is 41.3 Å². The summed E-state index contributed by atoms with van der Waals surface area (Å²) >= 11 is 0. The second-order valence-corrected chi connectivity index (χ2v) is 4.20. The number of piperazine rings is 1. The van der Waals surface area contributed by atoms with Crippen molar-refractivity contribution in [1.29, 1.82) is 0 Å². The summed E-state index contributed by atoms with van der Waals surface area (Å²) in [6.07, 6.45) is 0. The van der Waals surface area contributed by atoms with Crippen molar-refractivity contribution in [2.45, 2.75) is 13.1 Å². The normalized spacial score (nSPS) is 17.6. The highest BCUT2D eigenvalue weighted by Crippen LogP contribution is 2.11. The molecule has 2 rings (SSSR count). The van der Waals surface area contributed by atoms with Crippen molar-refractivity contribution in [3.8, 4) is 0 Å². The van der Waals surface area contributed by atoms with Crippen molar-refractivity contribution in [2.24, 2.45) is 5.73 Å². The molecule has 1 fully saturated rings. The van der Waals surface area contributed by atoms with Gasteiger partial charge in [0.2, 0.25) is 0 Å². The summed E-state index contributed by atoms with van der Waals surface area (Å²) in [5.41, 5.74) is 7.41. The Bertz CT molecular complexity index is 348. The van der Waals surface area contributed by atoms with Crippen LogP contribution in [0, 0.1) is 5.82 Å². The van der Waals surface area contributed by atoms with Crippen molar-refractivity contribution >= 4 is 0 Å². The van der Waals surface area contributed by atoms with E-state index in [2.05, 4.69) is 10.2 Å². The summed E-state index contributed by atoms with van der Waals surface area (Å²) in [5, 5.41) is 3.30. The quantitative estimate of drug-likeness (QED) is 0.792. The number of nitrogens with two attached hydrogens (primary N) is 1. The predicted octanol–water partition coefficient (Wildman–Crippen LogP) is 0.690. The number of hydrogen-bond donors (Lipinski definition) is 2. The molecule has 3 nitrogen and oxygen atoms in total. The summed E-state index contributed by atoms with van der Waals surface area (Å²) in [4.78, 5) is 2.32. The van der Waals surface area contributed by atoms with Gasteiger partial charge in [-0.15, -0.1) is 0 Å². The summed E-state index contributed by atoms with van der Waals surface area (Å²) in [5.74, 6) is -0.187. The van der Waals surface area contributed by atoms with E-state index < -0.39 is 0 Å². The number of hydrogen-bond acceptors (Lipinski definition) is 3. The molecule has 1 aromatic rings. The van der Waals surface area contributed by atoms with Gasteiger partial charge in [0.25, 0.3) is 0 Å². The van der Waals surface area contributed by atoms with E-state index in [-0.39, 0.29) is 5.82 Å². The van der Waals surface area contributed by atoms with Crippen LogP contribution >= 0.6 is 0 Å². The van der Waals surface area contributed by atoms with Crippen LogP contribution in [0.2, 0.25) is 0 Å². The van der Waals surface area contributed by atoms with E-state index in [1.807, 2.05) is 6.07 Å². The summed E-state index contributed by atoms with van der Waals surface area (Å²) in [7, 11) is 0. The van der Waals surface area contributed by atoms with E-state index in [1.165, 1.54) is 6.07 Å². The smallest absolute Gasteiger partial charge is 0.123 e. The molecule has 4 heteroatoms. The fourth-order valence-electron chi connectivity index (χ4n) is 2.05. The van der Waals surface area contributed by atoms with Crippen LogP contribution < -0.4 is 11.1 Å². The Morgan fingerprint density at radius 3 is 2.56 bits per heavy atom. The van der Waals surface area contributed by atoms with Gasteiger partial charge in [0.05, 0.1) is 0 Å². The van der Waals surface area contributed by atoms with Gasteiger partial charge in [0.1, 0.15) is 5.82 Å². The Labute approximate surface area is 95.4 Å². The van der Waals surface area contributed by atoms with Crippen LogP contribution in [0.25, 0.3) is 0 Å². The van der Waals surface area contributed by atoms with Crippen LogP contribution in [0.15, 0.2) is 18.2 Å². The van der Waals surface area contributed by atoms with Crippen LogP contribution in [-0.2, 0) is 13.1 Å². The molecule has 0 radical (unpaired) electrons. The van der Waals surface area contributed by atoms with Crippen LogP contribution in [0.3, 0.4) is 0 Å². The van der Waals surface area contributed by atoms with E-state index in [1.54, 1.807) is 6.07 Å². The lowest BCUT2D eigenvalue weighted by Crippen LogP contribution is -2.42. The minimum Gasteiger partial charge on any atom is -0.326 e. The molecule has 3 N–H and O–H groups in total. The van der Waals surface area contributed by atoms with Gasteiger partial charge < -0.3 is 11.1 Å². The lowest BCUT2D eigenvalue weighted by Gasteiger charge is -2.27. The lowest BCUT2D eigenvalue weighted by atomic mass is 10.1. The van der Waals surface area contributed by atoms with Gasteiger partial charge in [0.15, 0.2) is 0 Å². The zero-order valence-corrected chi connectivity index (χ0v) is 9.38. The van der Waals surface area contributed by atoms with Crippen LogP contribution in [0.5, 0.6) is 0 Å². The summed E-state index contributed by atoms with van der Waals surface area (Å²) in [6.45, 7) is 5.28. The molecule has 0 unspecified atom stereocenters. The third-order valence-corrected chi connectivity index (χ3v) is 2.87. The number of benzene rings is 1. The van der Waals surface area contributed by atoms with E-state index in [9.17, 15) is 4.39 Å². The molecule has 1 aliphatic rings. The van der Waals surface area contributed by atoms with Crippen molar-refractivity contribution in [3.05, 3.63) is 35.1 Å². The molecule has 1 aliphatic heterocycles. The first-order chi connectivity index (χ1) is 7.78. The number of nitrogens with one attached hydrogen (secondary N) is 1. The van der Waals surface area contributed by atoms with Gasteiger partial charge in [-0.3, -0.25) is 4.90 Å². The first-order valence-electron chi connectivity index (χ1n) is 5.69. The SMILES string of the molecule is NCc1cc(F)cc(CN2CCNCC2)c1. The average molecular weight is 223 g/mol. The molecule has 0 spiro atoms. The molecule has 0 bridgehead atoms. The molecule has 0 aromatic heterocycles. The third kappa shape index (κ3) is 3.01. The summed E-state index contributed by atoms with van der Waals surface area (Å²) in [6, 6.07) is 5.09. The Morgan fingerprint density at radius 1 is 1.19 bits per heavy atom. The maximum atomic E-state index is 13.3. The Kier molecular flexibility index (Phi) is 3.88. The highest BCUT2D eigenvalue weighted by Gasteiger charge is 2.10. The van der Waals surface area contributed by atoms with Gasteiger partial charge in [-0.05, 0) is 23.3 Å². The first-order valence-corrected chi connectivity index (χ1v) is 5.69. The number of rotatable bonds is 3. The highest BCUT2D eigenvalue weighted by atomic mass is 19.1. The van der Waals surface area contributed by atoms with E-state index >= 15 is 0 Å². The molecule has 0 amide bonds.